The fourth-order valence-corrected chi connectivity index (χ4v) is 9.92. The fourth-order valence-electron chi connectivity index (χ4n) is 9.92. The van der Waals surface area contributed by atoms with Crippen LogP contribution < -0.4 is 0 Å². The topological polar surface area (TPSA) is 78.9 Å². The summed E-state index contributed by atoms with van der Waals surface area (Å²) in [6.07, 6.45) is 95.9. The van der Waals surface area contributed by atoms with Crippen molar-refractivity contribution in [1.82, 2.24) is 0 Å². The molecule has 0 spiro atoms. The molecule has 0 radical (unpaired) electrons. The smallest absolute Gasteiger partial charge is 0.309 e. The third-order valence-corrected chi connectivity index (χ3v) is 15.1. The molecule has 0 aromatic heterocycles. The lowest BCUT2D eigenvalue weighted by atomic mass is 10.0. The molecular weight excluding hydrogens is 1010 g/mol. The molecule has 1 atom stereocenters. The van der Waals surface area contributed by atoms with Crippen LogP contribution >= 0.6 is 0 Å². The highest BCUT2D eigenvalue weighted by Crippen LogP contribution is 2.18. The lowest BCUT2D eigenvalue weighted by Gasteiger charge is -2.18. The Hall–Kier alpha value is -3.93. The van der Waals surface area contributed by atoms with Crippen molar-refractivity contribution in [2.75, 3.05) is 13.2 Å². The molecule has 6 heteroatoms. The third kappa shape index (κ3) is 66.9. The maximum absolute atomic E-state index is 12.9. The van der Waals surface area contributed by atoms with Gasteiger partial charge >= 0.3 is 17.9 Å². The second-order valence-electron chi connectivity index (χ2n) is 23.1. The molecule has 0 aromatic rings. The summed E-state index contributed by atoms with van der Waals surface area (Å²) < 4.78 is 16.8. The van der Waals surface area contributed by atoms with Gasteiger partial charge in [-0.15, -0.1) is 0 Å². The number of unbranched alkanes of at least 4 members (excludes halogenated alkanes) is 35. The number of ether oxygens (including phenoxy) is 3. The number of carbonyl (C=O) groups excluding carboxylic acids is 3. The molecule has 0 saturated carbocycles. The summed E-state index contributed by atoms with van der Waals surface area (Å²) in [5, 5.41) is 0. The second-order valence-corrected chi connectivity index (χ2v) is 23.1. The van der Waals surface area contributed by atoms with Gasteiger partial charge in [0.15, 0.2) is 6.10 Å². The van der Waals surface area contributed by atoms with Gasteiger partial charge in [0.25, 0.3) is 0 Å². The van der Waals surface area contributed by atoms with Gasteiger partial charge in [0.2, 0.25) is 0 Å². The molecule has 0 aliphatic heterocycles. The Labute approximate surface area is 508 Å². The Bertz CT molecular complexity index is 1640. The molecule has 0 aliphatic carbocycles. The van der Waals surface area contributed by atoms with E-state index in [-0.39, 0.29) is 31.6 Å². The van der Waals surface area contributed by atoms with Crippen molar-refractivity contribution < 1.29 is 28.6 Å². The molecule has 0 fully saturated rings. The summed E-state index contributed by atoms with van der Waals surface area (Å²) in [5.41, 5.74) is 0. The van der Waals surface area contributed by atoms with E-state index in [0.29, 0.717) is 12.8 Å². The van der Waals surface area contributed by atoms with Crippen molar-refractivity contribution >= 4 is 17.9 Å². The highest BCUT2D eigenvalue weighted by Gasteiger charge is 2.19. The van der Waals surface area contributed by atoms with Gasteiger partial charge in [0.1, 0.15) is 13.2 Å². The Morgan fingerprint density at radius 3 is 0.854 bits per heavy atom. The molecule has 0 saturated heterocycles. The van der Waals surface area contributed by atoms with Crippen molar-refractivity contribution in [3.05, 3.63) is 109 Å². The van der Waals surface area contributed by atoms with Gasteiger partial charge in [-0.1, -0.05) is 342 Å². The van der Waals surface area contributed by atoms with Crippen LogP contribution in [0.3, 0.4) is 0 Å². The Balaban J connectivity index is 4.30. The van der Waals surface area contributed by atoms with Crippen LogP contribution in [0.1, 0.15) is 335 Å². The maximum Gasteiger partial charge on any atom is 0.309 e. The van der Waals surface area contributed by atoms with Gasteiger partial charge in [0.05, 0.1) is 6.42 Å². The van der Waals surface area contributed by atoms with Crippen molar-refractivity contribution in [2.45, 2.75) is 341 Å². The van der Waals surface area contributed by atoms with Crippen molar-refractivity contribution in [1.29, 1.82) is 0 Å². The average Bonchev–Trinajstić information content (AvgIpc) is 3.47. The zero-order valence-corrected chi connectivity index (χ0v) is 54.0. The zero-order valence-electron chi connectivity index (χ0n) is 54.0. The SMILES string of the molecule is CC/C=C\C/C=C\C/C=C\C/C=C\C/C=C\CC(=O)OCC(COC(=O)CCCCCCCCCCCCCCCCCCCCCCCCCCCCCCCC)OC(=O)CCCCCCCC/C=C\C/C=C\C/C=C\C/C=C\CC. The molecule has 0 amide bonds. The van der Waals surface area contributed by atoms with E-state index in [1.807, 2.05) is 6.08 Å². The standard InChI is InChI=1S/C76H130O6/c1-4-7-10-13-16-19-22-25-28-30-32-33-34-35-36-37-38-39-40-41-42-44-45-48-51-54-57-60-63-66-69-75(78)81-72-73(71-80-74(77)68-65-62-59-56-53-50-47-27-24-21-18-15-12-9-6-3)82-76(79)70-67-64-61-58-55-52-49-46-43-31-29-26-23-20-17-14-11-8-5-2/h8-9,11-12,17-18,20-21,26-27,29,43,46-47,53,56,62,65,73H,4-7,10,13-16,19,22-25,28,30-42,44-45,48-52,54-55,57-61,63-64,66-72H2,1-3H3/b11-8-,12-9-,20-17-,21-18-,29-26-,46-43-,47-27-,56-53-,65-62-. The van der Waals surface area contributed by atoms with E-state index in [4.69, 9.17) is 14.2 Å². The first-order chi connectivity index (χ1) is 40.5. The molecule has 82 heavy (non-hydrogen) atoms. The summed E-state index contributed by atoms with van der Waals surface area (Å²) in [6.45, 7) is 6.35. The summed E-state index contributed by atoms with van der Waals surface area (Å²) in [4.78, 5) is 38.3. The predicted molar refractivity (Wildman–Crippen MR) is 357 cm³/mol. The average molecular weight is 1140 g/mol. The Kier molecular flexibility index (Phi) is 66.2. The van der Waals surface area contributed by atoms with Crippen LogP contribution in [-0.2, 0) is 28.6 Å². The highest BCUT2D eigenvalue weighted by atomic mass is 16.6. The molecule has 0 aliphatic rings. The minimum atomic E-state index is -0.828. The molecule has 0 aromatic carbocycles. The number of rotatable bonds is 63. The highest BCUT2D eigenvalue weighted by molar-refractivity contribution is 5.72. The molecular formula is C76H130O6. The predicted octanol–water partition coefficient (Wildman–Crippen LogP) is 24.2. The van der Waals surface area contributed by atoms with Crippen LogP contribution in [0, 0.1) is 0 Å². The molecule has 0 heterocycles. The normalized spacial score (nSPS) is 12.8. The van der Waals surface area contributed by atoms with Gasteiger partial charge in [-0.05, 0) is 83.5 Å². The fraction of sp³-hybridized carbons (Fsp3) is 0.724. The molecule has 0 rings (SSSR count). The van der Waals surface area contributed by atoms with Crippen LogP contribution in [-0.4, -0.2) is 37.2 Å². The van der Waals surface area contributed by atoms with Crippen LogP contribution in [0.5, 0.6) is 0 Å². The maximum atomic E-state index is 12.9. The van der Waals surface area contributed by atoms with Gasteiger partial charge in [-0.3, -0.25) is 14.4 Å². The van der Waals surface area contributed by atoms with Gasteiger partial charge in [-0.25, -0.2) is 0 Å². The van der Waals surface area contributed by atoms with E-state index in [2.05, 4.69) is 118 Å². The van der Waals surface area contributed by atoms with Crippen molar-refractivity contribution in [2.24, 2.45) is 0 Å². The van der Waals surface area contributed by atoms with E-state index >= 15 is 0 Å². The van der Waals surface area contributed by atoms with E-state index in [9.17, 15) is 14.4 Å². The quantitative estimate of drug-likeness (QED) is 0.0261. The van der Waals surface area contributed by atoms with Crippen LogP contribution in [0.4, 0.5) is 0 Å². The lowest BCUT2D eigenvalue weighted by Crippen LogP contribution is -2.30. The molecule has 0 N–H and O–H groups in total. The van der Waals surface area contributed by atoms with Gasteiger partial charge in [-0.2, -0.15) is 0 Å². The number of carbonyl (C=O) groups is 3. The van der Waals surface area contributed by atoms with E-state index in [1.54, 1.807) is 6.08 Å². The number of hydrogen-bond acceptors (Lipinski definition) is 6. The largest absolute Gasteiger partial charge is 0.462 e. The number of esters is 3. The first kappa shape index (κ1) is 78.1. The third-order valence-electron chi connectivity index (χ3n) is 15.1. The number of allylic oxidation sites excluding steroid dienone is 17. The van der Waals surface area contributed by atoms with E-state index in [0.717, 1.165) is 109 Å². The first-order valence-corrected chi connectivity index (χ1v) is 34.9. The molecule has 470 valence electrons. The minimum Gasteiger partial charge on any atom is -0.462 e. The van der Waals surface area contributed by atoms with Crippen LogP contribution in [0.15, 0.2) is 109 Å². The van der Waals surface area contributed by atoms with Gasteiger partial charge < -0.3 is 14.2 Å². The van der Waals surface area contributed by atoms with Gasteiger partial charge in [0, 0.05) is 12.8 Å². The summed E-state index contributed by atoms with van der Waals surface area (Å²) in [5.74, 6) is -1.05. The van der Waals surface area contributed by atoms with E-state index < -0.39 is 12.1 Å². The number of hydrogen-bond donors (Lipinski definition) is 0. The van der Waals surface area contributed by atoms with Crippen LogP contribution in [0.25, 0.3) is 0 Å². The summed E-state index contributed by atoms with van der Waals surface area (Å²) in [7, 11) is 0. The van der Waals surface area contributed by atoms with E-state index in [1.165, 1.54) is 186 Å². The van der Waals surface area contributed by atoms with Crippen LogP contribution in [0.2, 0.25) is 0 Å². The zero-order chi connectivity index (χ0) is 59.2. The summed E-state index contributed by atoms with van der Waals surface area (Å²) >= 11 is 0. The monoisotopic (exact) mass is 1140 g/mol. The lowest BCUT2D eigenvalue weighted by molar-refractivity contribution is -0.166. The Morgan fingerprint density at radius 1 is 0.268 bits per heavy atom. The summed E-state index contributed by atoms with van der Waals surface area (Å²) in [6, 6.07) is 0. The molecule has 1 unspecified atom stereocenters. The molecule has 6 nitrogen and oxygen atoms in total. The first-order valence-electron chi connectivity index (χ1n) is 34.9. The minimum absolute atomic E-state index is 0.113. The van der Waals surface area contributed by atoms with Crippen molar-refractivity contribution in [3.63, 3.8) is 0 Å². The Morgan fingerprint density at radius 2 is 0.524 bits per heavy atom. The van der Waals surface area contributed by atoms with Crippen molar-refractivity contribution in [3.8, 4) is 0 Å². The molecule has 0 bridgehead atoms. The second kappa shape index (κ2) is 69.6.